The fraction of sp³-hybridized carbons (Fsp3) is 0.167. The molecule has 138 valence electrons. The predicted molar refractivity (Wildman–Crippen MR) is 105 cm³/mol. The highest BCUT2D eigenvalue weighted by Gasteiger charge is 2.08. The Bertz CT molecular complexity index is 890. The van der Waals surface area contributed by atoms with Gasteiger partial charge in [0, 0.05) is 28.2 Å². The lowest BCUT2D eigenvalue weighted by Crippen LogP contribution is -2.21. The molecule has 0 spiro atoms. The third-order valence-corrected chi connectivity index (χ3v) is 5.55. The van der Waals surface area contributed by atoms with Gasteiger partial charge in [-0.3, -0.25) is 4.79 Å². The van der Waals surface area contributed by atoms with Crippen molar-refractivity contribution in [1.82, 2.24) is 10.0 Å². The van der Waals surface area contributed by atoms with E-state index in [-0.39, 0.29) is 11.7 Å². The third-order valence-electron chi connectivity index (χ3n) is 3.56. The molecule has 0 aromatic heterocycles. The molecule has 0 aliphatic rings. The molecule has 2 aromatic rings. The van der Waals surface area contributed by atoms with Crippen LogP contribution in [-0.2, 0) is 27.1 Å². The Balaban J connectivity index is 1.92. The molecule has 0 bridgehead atoms. The Kier molecular flexibility index (Phi) is 7.23. The lowest BCUT2D eigenvalue weighted by Gasteiger charge is -2.06. The first kappa shape index (κ1) is 20.5. The first-order chi connectivity index (χ1) is 12.3. The number of nitrogens with one attached hydrogen (secondary N) is 2. The van der Waals surface area contributed by atoms with E-state index >= 15 is 0 Å². The summed E-state index contributed by atoms with van der Waals surface area (Å²) in [6.07, 6.45) is 2.92. The van der Waals surface area contributed by atoms with E-state index in [1.165, 1.54) is 13.1 Å². The van der Waals surface area contributed by atoms with Gasteiger partial charge in [0.25, 0.3) is 0 Å². The van der Waals surface area contributed by atoms with E-state index in [0.717, 1.165) is 5.56 Å². The van der Waals surface area contributed by atoms with Gasteiger partial charge >= 0.3 is 0 Å². The van der Waals surface area contributed by atoms with Crippen LogP contribution in [0.1, 0.15) is 16.7 Å². The molecular formula is C18H18Cl2N2O3S. The van der Waals surface area contributed by atoms with Crippen molar-refractivity contribution in [2.24, 2.45) is 0 Å². The summed E-state index contributed by atoms with van der Waals surface area (Å²) in [4.78, 5) is 11.9. The van der Waals surface area contributed by atoms with Crippen LogP contribution in [0.2, 0.25) is 10.0 Å². The average molecular weight is 413 g/mol. The average Bonchev–Trinajstić information content (AvgIpc) is 2.60. The SMILES string of the molecule is CNS(=O)(=O)Cc1ccc(CNC(=O)/C=C/c2c(Cl)cccc2Cl)cc1. The van der Waals surface area contributed by atoms with Gasteiger partial charge in [0.1, 0.15) is 0 Å². The molecule has 2 rings (SSSR count). The number of rotatable bonds is 7. The van der Waals surface area contributed by atoms with Gasteiger partial charge in [-0.15, -0.1) is 0 Å². The second kappa shape index (κ2) is 9.19. The first-order valence-electron chi connectivity index (χ1n) is 7.69. The summed E-state index contributed by atoms with van der Waals surface area (Å²) < 4.78 is 25.3. The molecular weight excluding hydrogens is 395 g/mol. The lowest BCUT2D eigenvalue weighted by atomic mass is 10.1. The van der Waals surface area contributed by atoms with Crippen molar-refractivity contribution in [1.29, 1.82) is 0 Å². The quantitative estimate of drug-likeness (QED) is 0.684. The molecule has 0 saturated carbocycles. The van der Waals surface area contributed by atoms with E-state index in [2.05, 4.69) is 10.0 Å². The highest BCUT2D eigenvalue weighted by Crippen LogP contribution is 2.25. The second-order valence-corrected chi connectivity index (χ2v) is 8.21. The van der Waals surface area contributed by atoms with Crippen LogP contribution >= 0.6 is 23.2 Å². The lowest BCUT2D eigenvalue weighted by molar-refractivity contribution is -0.116. The maximum atomic E-state index is 11.9. The van der Waals surface area contributed by atoms with Crippen LogP contribution in [0.15, 0.2) is 48.5 Å². The summed E-state index contributed by atoms with van der Waals surface area (Å²) in [7, 11) is -1.92. The summed E-state index contributed by atoms with van der Waals surface area (Å²) in [6.45, 7) is 0.318. The van der Waals surface area contributed by atoms with E-state index in [0.29, 0.717) is 27.7 Å². The van der Waals surface area contributed by atoms with Crippen molar-refractivity contribution in [2.75, 3.05) is 7.05 Å². The van der Waals surface area contributed by atoms with Crippen LogP contribution < -0.4 is 10.0 Å². The molecule has 0 fully saturated rings. The van der Waals surface area contributed by atoms with Gasteiger partial charge in [-0.25, -0.2) is 13.1 Å². The van der Waals surface area contributed by atoms with E-state index in [4.69, 9.17) is 23.2 Å². The molecule has 26 heavy (non-hydrogen) atoms. The van der Waals surface area contributed by atoms with Crippen molar-refractivity contribution >= 4 is 45.2 Å². The number of hydrogen-bond acceptors (Lipinski definition) is 3. The smallest absolute Gasteiger partial charge is 0.244 e. The largest absolute Gasteiger partial charge is 0.348 e. The Hall–Kier alpha value is -1.86. The fourth-order valence-corrected chi connectivity index (χ4v) is 3.42. The van der Waals surface area contributed by atoms with Crippen molar-refractivity contribution in [3.8, 4) is 0 Å². The molecule has 0 radical (unpaired) electrons. The number of hydrogen-bond donors (Lipinski definition) is 2. The van der Waals surface area contributed by atoms with Crippen molar-refractivity contribution in [3.05, 3.63) is 75.3 Å². The summed E-state index contributed by atoms with van der Waals surface area (Å²) >= 11 is 12.1. The van der Waals surface area contributed by atoms with E-state index in [9.17, 15) is 13.2 Å². The van der Waals surface area contributed by atoms with E-state index < -0.39 is 10.0 Å². The van der Waals surface area contributed by atoms with Crippen molar-refractivity contribution in [2.45, 2.75) is 12.3 Å². The van der Waals surface area contributed by atoms with Gasteiger partial charge in [-0.2, -0.15) is 0 Å². The summed E-state index contributed by atoms with van der Waals surface area (Å²) in [5, 5.41) is 3.68. The molecule has 0 saturated heterocycles. The van der Waals surface area contributed by atoms with Gasteiger partial charge in [-0.1, -0.05) is 53.5 Å². The third kappa shape index (κ3) is 6.14. The number of carbonyl (C=O) groups is 1. The maximum Gasteiger partial charge on any atom is 0.244 e. The van der Waals surface area contributed by atoms with Gasteiger partial charge in [0.15, 0.2) is 0 Å². The van der Waals surface area contributed by atoms with Crippen molar-refractivity contribution < 1.29 is 13.2 Å². The normalized spacial score (nSPS) is 11.7. The zero-order valence-electron chi connectivity index (χ0n) is 14.0. The Morgan fingerprint density at radius 2 is 1.62 bits per heavy atom. The number of benzene rings is 2. The molecule has 2 aromatic carbocycles. The Labute approximate surface area is 163 Å². The van der Waals surface area contributed by atoms with Crippen LogP contribution in [0.4, 0.5) is 0 Å². The number of amides is 1. The summed E-state index contributed by atoms with van der Waals surface area (Å²) in [6, 6.07) is 12.1. The monoisotopic (exact) mass is 412 g/mol. The minimum atomic E-state index is -3.30. The van der Waals surface area contributed by atoms with Crippen LogP contribution in [0.3, 0.4) is 0 Å². The fourth-order valence-electron chi connectivity index (χ4n) is 2.12. The van der Waals surface area contributed by atoms with Gasteiger partial charge in [0.2, 0.25) is 15.9 Å². The van der Waals surface area contributed by atoms with E-state index in [1.54, 1.807) is 48.5 Å². The number of halogens is 2. The molecule has 0 aliphatic carbocycles. The van der Waals surface area contributed by atoms with E-state index in [1.807, 2.05) is 0 Å². The molecule has 0 heterocycles. The van der Waals surface area contributed by atoms with Crippen LogP contribution in [0.25, 0.3) is 6.08 Å². The Morgan fingerprint density at radius 1 is 1.04 bits per heavy atom. The van der Waals surface area contributed by atoms with Crippen LogP contribution in [0.5, 0.6) is 0 Å². The zero-order chi connectivity index (χ0) is 19.2. The summed E-state index contributed by atoms with van der Waals surface area (Å²) in [5.41, 5.74) is 2.11. The number of sulfonamides is 1. The highest BCUT2D eigenvalue weighted by molar-refractivity contribution is 7.88. The zero-order valence-corrected chi connectivity index (χ0v) is 16.3. The molecule has 0 atom stereocenters. The van der Waals surface area contributed by atoms with Gasteiger partial charge in [0.05, 0.1) is 5.75 Å². The predicted octanol–water partition coefficient (Wildman–Crippen LogP) is 3.37. The topological polar surface area (TPSA) is 75.3 Å². The van der Waals surface area contributed by atoms with Gasteiger partial charge < -0.3 is 5.32 Å². The molecule has 5 nitrogen and oxygen atoms in total. The summed E-state index contributed by atoms with van der Waals surface area (Å²) in [5.74, 6) is -0.375. The van der Waals surface area contributed by atoms with Crippen LogP contribution in [0, 0.1) is 0 Å². The maximum absolute atomic E-state index is 11.9. The number of carbonyl (C=O) groups excluding carboxylic acids is 1. The van der Waals surface area contributed by atoms with Crippen LogP contribution in [-0.4, -0.2) is 21.4 Å². The minimum absolute atomic E-state index is 0.0858. The molecule has 0 aliphatic heterocycles. The molecule has 2 N–H and O–H groups in total. The minimum Gasteiger partial charge on any atom is -0.348 e. The highest BCUT2D eigenvalue weighted by atomic mass is 35.5. The molecule has 0 unspecified atom stereocenters. The standard InChI is InChI=1S/C18H18Cl2N2O3S/c1-21-26(24,25)12-14-7-5-13(6-8-14)11-22-18(23)10-9-15-16(19)3-2-4-17(15)20/h2-10,21H,11-12H2,1H3,(H,22,23)/b10-9+. The van der Waals surface area contributed by atoms with Crippen molar-refractivity contribution in [3.63, 3.8) is 0 Å². The second-order valence-electron chi connectivity index (χ2n) is 5.47. The van der Waals surface area contributed by atoms with Gasteiger partial charge in [-0.05, 0) is 36.4 Å². The first-order valence-corrected chi connectivity index (χ1v) is 10.1. The molecule has 8 heteroatoms. The molecule has 1 amide bonds. The Morgan fingerprint density at radius 3 is 2.19 bits per heavy atom.